The molecule has 8 heteroatoms. The standard InChI is InChI=1S/C23H26N6O2/c1-30-18-12-17(13-19(14-18)31-2)15-23(24)20-4-3-8-26-21(20)28-22(29-23)27-11-7-16-5-9-25-10-6-16/h3-6,8-10,12-14H,7,11,15,24H2,1-2H3,(H2,26,27,28,29). The van der Waals surface area contributed by atoms with Crippen LogP contribution in [-0.2, 0) is 18.5 Å². The van der Waals surface area contributed by atoms with E-state index in [2.05, 4.69) is 25.6 Å². The third-order valence-electron chi connectivity index (χ3n) is 5.18. The number of nitrogens with zero attached hydrogens (tertiary/aromatic N) is 3. The lowest BCUT2D eigenvalue weighted by atomic mass is 9.91. The molecule has 0 saturated heterocycles. The molecule has 4 N–H and O–H groups in total. The van der Waals surface area contributed by atoms with Crippen LogP contribution in [0.2, 0.25) is 0 Å². The summed E-state index contributed by atoms with van der Waals surface area (Å²) in [6.07, 6.45) is 6.60. The van der Waals surface area contributed by atoms with Gasteiger partial charge in [0.15, 0.2) is 5.96 Å². The molecule has 3 heterocycles. The van der Waals surface area contributed by atoms with Crippen LogP contribution in [0.1, 0.15) is 16.7 Å². The lowest BCUT2D eigenvalue weighted by Crippen LogP contribution is -2.59. The molecule has 1 aliphatic rings. The Morgan fingerprint density at radius 1 is 1.00 bits per heavy atom. The van der Waals surface area contributed by atoms with Crippen molar-refractivity contribution in [2.24, 2.45) is 10.7 Å². The summed E-state index contributed by atoms with van der Waals surface area (Å²) in [5, 5.41) is 6.63. The summed E-state index contributed by atoms with van der Waals surface area (Å²) in [5.74, 6) is 2.72. The van der Waals surface area contributed by atoms with E-state index in [4.69, 9.17) is 15.2 Å². The predicted molar refractivity (Wildman–Crippen MR) is 120 cm³/mol. The first-order valence-corrected chi connectivity index (χ1v) is 10.0. The molecule has 0 amide bonds. The number of ether oxygens (including phenoxy) is 2. The number of rotatable bonds is 7. The summed E-state index contributed by atoms with van der Waals surface area (Å²) >= 11 is 0. The Bertz CT molecular complexity index is 1050. The molecule has 8 nitrogen and oxygen atoms in total. The molecule has 1 atom stereocenters. The highest BCUT2D eigenvalue weighted by Gasteiger charge is 2.36. The third-order valence-corrected chi connectivity index (χ3v) is 5.18. The number of fused-ring (bicyclic) bond motifs is 1. The number of guanidine groups is 1. The minimum Gasteiger partial charge on any atom is -0.497 e. The zero-order chi connectivity index (χ0) is 21.7. The molecule has 0 radical (unpaired) electrons. The third kappa shape index (κ3) is 4.75. The fourth-order valence-electron chi connectivity index (χ4n) is 3.64. The number of anilines is 1. The number of nitrogens with one attached hydrogen (secondary N) is 2. The number of nitrogens with two attached hydrogens (primary N) is 1. The lowest BCUT2D eigenvalue weighted by molar-refractivity contribution is 0.383. The Kier molecular flexibility index (Phi) is 5.99. The Balaban J connectivity index is 1.60. The largest absolute Gasteiger partial charge is 0.497 e. The number of benzene rings is 1. The summed E-state index contributed by atoms with van der Waals surface area (Å²) in [6.45, 7) is 0.602. The number of hydrogen-bond acceptors (Lipinski definition) is 6. The Morgan fingerprint density at radius 2 is 1.74 bits per heavy atom. The monoisotopic (exact) mass is 418 g/mol. The average Bonchev–Trinajstić information content (AvgIpc) is 2.79. The summed E-state index contributed by atoms with van der Waals surface area (Å²) in [6, 6.07) is 13.6. The second-order valence-electron chi connectivity index (χ2n) is 7.35. The first-order valence-electron chi connectivity index (χ1n) is 10.0. The van der Waals surface area contributed by atoms with Gasteiger partial charge in [-0.3, -0.25) is 9.98 Å². The molecular weight excluding hydrogens is 392 g/mol. The Hall–Kier alpha value is -3.65. The number of hydrogen-bond donors (Lipinski definition) is 3. The molecule has 4 rings (SSSR count). The van der Waals surface area contributed by atoms with E-state index in [1.807, 2.05) is 42.5 Å². The van der Waals surface area contributed by atoms with E-state index in [1.54, 1.807) is 32.8 Å². The molecule has 0 bridgehead atoms. The SMILES string of the molecule is COc1cc(CC2(N)NC(=NCCc3ccncc3)Nc3ncccc32)cc(OC)c1. The van der Waals surface area contributed by atoms with E-state index in [0.29, 0.717) is 36.2 Å². The molecule has 160 valence electrons. The zero-order valence-corrected chi connectivity index (χ0v) is 17.6. The van der Waals surface area contributed by atoms with E-state index in [-0.39, 0.29) is 0 Å². The van der Waals surface area contributed by atoms with Gasteiger partial charge in [0.25, 0.3) is 0 Å². The van der Waals surface area contributed by atoms with Crippen molar-refractivity contribution in [3.8, 4) is 11.5 Å². The van der Waals surface area contributed by atoms with Crippen LogP contribution in [0.5, 0.6) is 11.5 Å². The van der Waals surface area contributed by atoms with Crippen molar-refractivity contribution in [1.82, 2.24) is 15.3 Å². The molecule has 1 aromatic carbocycles. The number of aliphatic imine (C=N–C) groups is 1. The van der Waals surface area contributed by atoms with Gasteiger partial charge in [0.1, 0.15) is 23.0 Å². The maximum absolute atomic E-state index is 6.90. The highest BCUT2D eigenvalue weighted by molar-refractivity contribution is 5.96. The Morgan fingerprint density at radius 3 is 2.45 bits per heavy atom. The molecule has 31 heavy (non-hydrogen) atoms. The van der Waals surface area contributed by atoms with Gasteiger partial charge in [-0.2, -0.15) is 0 Å². The van der Waals surface area contributed by atoms with E-state index in [1.165, 1.54) is 5.56 Å². The maximum Gasteiger partial charge on any atom is 0.198 e. The fourth-order valence-corrected chi connectivity index (χ4v) is 3.64. The number of aromatic nitrogens is 2. The highest BCUT2D eigenvalue weighted by Crippen LogP contribution is 2.32. The van der Waals surface area contributed by atoms with E-state index < -0.39 is 5.66 Å². The summed E-state index contributed by atoms with van der Waals surface area (Å²) < 4.78 is 10.8. The van der Waals surface area contributed by atoms with Crippen LogP contribution in [0.25, 0.3) is 0 Å². The minimum atomic E-state index is -0.901. The van der Waals surface area contributed by atoms with Crippen LogP contribution >= 0.6 is 0 Å². The molecule has 1 unspecified atom stereocenters. The van der Waals surface area contributed by atoms with Crippen LogP contribution in [0.4, 0.5) is 5.82 Å². The van der Waals surface area contributed by atoms with Gasteiger partial charge in [-0.15, -0.1) is 0 Å². The Labute approximate surface area is 181 Å². The van der Waals surface area contributed by atoms with Crippen molar-refractivity contribution in [3.05, 3.63) is 77.7 Å². The van der Waals surface area contributed by atoms with Gasteiger partial charge in [-0.25, -0.2) is 4.98 Å². The average molecular weight is 419 g/mol. The van der Waals surface area contributed by atoms with Crippen LogP contribution < -0.4 is 25.8 Å². The van der Waals surface area contributed by atoms with Crippen LogP contribution in [0, 0.1) is 0 Å². The second-order valence-corrected chi connectivity index (χ2v) is 7.35. The normalized spacial score (nSPS) is 18.6. The van der Waals surface area contributed by atoms with Crippen molar-refractivity contribution in [3.63, 3.8) is 0 Å². The zero-order valence-electron chi connectivity index (χ0n) is 17.6. The fraction of sp³-hybridized carbons (Fsp3) is 0.261. The predicted octanol–water partition coefficient (Wildman–Crippen LogP) is 2.46. The highest BCUT2D eigenvalue weighted by atomic mass is 16.5. The van der Waals surface area contributed by atoms with Crippen molar-refractivity contribution in [1.29, 1.82) is 0 Å². The first-order chi connectivity index (χ1) is 15.1. The van der Waals surface area contributed by atoms with Crippen molar-refractivity contribution in [2.45, 2.75) is 18.5 Å². The lowest BCUT2D eigenvalue weighted by Gasteiger charge is -2.38. The molecular formula is C23H26N6O2. The molecule has 2 aromatic heterocycles. The summed E-state index contributed by atoms with van der Waals surface area (Å²) in [5.41, 5.74) is 9.01. The topological polar surface area (TPSA) is 107 Å². The summed E-state index contributed by atoms with van der Waals surface area (Å²) in [4.78, 5) is 13.2. The molecule has 0 saturated carbocycles. The van der Waals surface area contributed by atoms with Gasteiger partial charge in [0, 0.05) is 43.2 Å². The van der Waals surface area contributed by atoms with Gasteiger partial charge in [0.05, 0.1) is 14.2 Å². The van der Waals surface area contributed by atoms with Gasteiger partial charge in [-0.1, -0.05) is 6.07 Å². The van der Waals surface area contributed by atoms with Crippen LogP contribution in [-0.4, -0.2) is 36.7 Å². The number of methoxy groups -OCH3 is 2. The van der Waals surface area contributed by atoms with Crippen LogP contribution in [0.3, 0.4) is 0 Å². The molecule has 0 fully saturated rings. The van der Waals surface area contributed by atoms with E-state index in [9.17, 15) is 0 Å². The smallest absolute Gasteiger partial charge is 0.198 e. The van der Waals surface area contributed by atoms with Crippen molar-refractivity contribution >= 4 is 11.8 Å². The number of pyridine rings is 2. The summed E-state index contributed by atoms with van der Waals surface area (Å²) in [7, 11) is 3.26. The van der Waals surface area contributed by atoms with Gasteiger partial charge in [0.2, 0.25) is 0 Å². The van der Waals surface area contributed by atoms with Crippen molar-refractivity contribution < 1.29 is 9.47 Å². The quantitative estimate of drug-likeness (QED) is 0.541. The molecule has 0 aliphatic carbocycles. The van der Waals surface area contributed by atoms with E-state index >= 15 is 0 Å². The maximum atomic E-state index is 6.90. The van der Waals surface area contributed by atoms with Crippen molar-refractivity contribution in [2.75, 3.05) is 26.1 Å². The van der Waals surface area contributed by atoms with Gasteiger partial charge in [-0.05, 0) is 47.9 Å². The van der Waals surface area contributed by atoms with E-state index in [0.717, 1.165) is 17.5 Å². The second kappa shape index (κ2) is 9.01. The molecule has 1 aliphatic heterocycles. The van der Waals surface area contributed by atoms with Crippen LogP contribution in [0.15, 0.2) is 66.0 Å². The van der Waals surface area contributed by atoms with Gasteiger partial charge >= 0.3 is 0 Å². The first kappa shape index (κ1) is 20.6. The van der Waals surface area contributed by atoms with Gasteiger partial charge < -0.3 is 25.8 Å². The minimum absolute atomic E-state index is 0.490. The molecule has 0 spiro atoms. The molecule has 3 aromatic rings.